The number of benzene rings is 2. The van der Waals surface area contributed by atoms with Crippen LogP contribution in [-0.4, -0.2) is 62.8 Å². The zero-order valence-electron chi connectivity index (χ0n) is 18.7. The highest BCUT2D eigenvalue weighted by atomic mass is 35.5. The summed E-state index contributed by atoms with van der Waals surface area (Å²) in [5.74, 6) is 0.720. The van der Waals surface area contributed by atoms with E-state index in [-0.39, 0.29) is 18.3 Å². The molecule has 1 N–H and O–H groups in total. The van der Waals surface area contributed by atoms with Crippen LogP contribution < -0.4 is 10.2 Å². The molecule has 0 radical (unpaired) electrons. The SMILES string of the molecule is Cl.O=C(N[C@H]1CN2CCC1CC2)c1cc2cccc(-c3ccc(N4CCOCC4)cc3)c2s1. The number of halogens is 1. The molecular weight excluding hydrogens is 454 g/mol. The average Bonchev–Trinajstić information content (AvgIpc) is 3.30. The average molecular weight is 484 g/mol. The molecular formula is C26H30ClN3O2S. The minimum atomic E-state index is 0. The second-order valence-corrected chi connectivity index (χ2v) is 10.3. The third-order valence-corrected chi connectivity index (χ3v) is 8.48. The maximum absolute atomic E-state index is 13.1. The van der Waals surface area contributed by atoms with Gasteiger partial charge in [-0.1, -0.05) is 30.3 Å². The maximum atomic E-state index is 13.1. The van der Waals surface area contributed by atoms with Crippen LogP contribution in [0.2, 0.25) is 0 Å². The minimum absolute atomic E-state index is 0. The van der Waals surface area contributed by atoms with Crippen molar-refractivity contribution in [1.82, 2.24) is 10.2 Å². The number of morpholine rings is 1. The zero-order valence-corrected chi connectivity index (χ0v) is 20.3. The first-order valence-corrected chi connectivity index (χ1v) is 12.6. The molecule has 4 saturated heterocycles. The molecule has 1 atom stereocenters. The van der Waals surface area contributed by atoms with Gasteiger partial charge in [-0.05, 0) is 66.6 Å². The van der Waals surface area contributed by atoms with Gasteiger partial charge in [-0.15, -0.1) is 23.7 Å². The predicted molar refractivity (Wildman–Crippen MR) is 138 cm³/mol. The summed E-state index contributed by atoms with van der Waals surface area (Å²) < 4.78 is 6.66. The maximum Gasteiger partial charge on any atom is 0.261 e. The summed E-state index contributed by atoms with van der Waals surface area (Å²) in [6.45, 7) is 6.85. The van der Waals surface area contributed by atoms with Gasteiger partial charge >= 0.3 is 0 Å². The van der Waals surface area contributed by atoms with Crippen LogP contribution in [0.4, 0.5) is 5.69 Å². The smallest absolute Gasteiger partial charge is 0.261 e. The van der Waals surface area contributed by atoms with Crippen LogP contribution in [0.15, 0.2) is 48.5 Å². The van der Waals surface area contributed by atoms with Gasteiger partial charge in [0.1, 0.15) is 0 Å². The van der Waals surface area contributed by atoms with Gasteiger partial charge in [0.25, 0.3) is 5.91 Å². The normalized spacial score (nSPS) is 24.5. The number of amides is 1. The topological polar surface area (TPSA) is 44.8 Å². The molecule has 3 aromatic rings. The fraction of sp³-hybridized carbons (Fsp3) is 0.423. The van der Waals surface area contributed by atoms with Crippen molar-refractivity contribution in [2.24, 2.45) is 5.92 Å². The van der Waals surface area contributed by atoms with E-state index in [1.165, 1.54) is 47.4 Å². The predicted octanol–water partition coefficient (Wildman–Crippen LogP) is 4.65. The summed E-state index contributed by atoms with van der Waals surface area (Å²) in [5, 5.41) is 4.49. The standard InChI is InChI=1S/C26H29N3O2S.ClH/c30-26(27-23-17-28-10-8-19(23)9-11-28)24-16-20-2-1-3-22(25(20)32-24)18-4-6-21(7-5-18)29-12-14-31-15-13-29;/h1-7,16,19,23H,8-15,17H2,(H,27,30);1H/t23-;/m0./s1. The first-order chi connectivity index (χ1) is 15.7. The molecule has 174 valence electrons. The Morgan fingerprint density at radius 3 is 2.45 bits per heavy atom. The molecule has 7 rings (SSSR count). The quantitative estimate of drug-likeness (QED) is 0.586. The van der Waals surface area contributed by atoms with Crippen LogP contribution in [0, 0.1) is 5.92 Å². The summed E-state index contributed by atoms with van der Waals surface area (Å²) in [5.41, 5.74) is 3.63. The molecule has 4 aliphatic heterocycles. The summed E-state index contributed by atoms with van der Waals surface area (Å²) in [7, 11) is 0. The van der Waals surface area contributed by atoms with Gasteiger partial charge in [0.05, 0.1) is 18.1 Å². The molecule has 1 aromatic heterocycles. The fourth-order valence-electron chi connectivity index (χ4n) is 5.44. The molecule has 5 nitrogen and oxygen atoms in total. The highest BCUT2D eigenvalue weighted by Crippen LogP contribution is 2.36. The Kier molecular flexibility index (Phi) is 6.61. The van der Waals surface area contributed by atoms with Crippen molar-refractivity contribution >= 4 is 45.4 Å². The fourth-order valence-corrected chi connectivity index (χ4v) is 6.54. The molecule has 4 aliphatic rings. The van der Waals surface area contributed by atoms with Crippen molar-refractivity contribution in [2.75, 3.05) is 50.8 Å². The van der Waals surface area contributed by atoms with Crippen LogP contribution in [-0.2, 0) is 4.74 Å². The lowest BCUT2D eigenvalue weighted by Crippen LogP contribution is -2.57. The number of piperidine rings is 3. The number of rotatable bonds is 4. The van der Waals surface area contributed by atoms with Gasteiger partial charge in [0, 0.05) is 36.1 Å². The number of ether oxygens (including phenoxy) is 1. The van der Waals surface area contributed by atoms with E-state index in [1.54, 1.807) is 11.3 Å². The molecule has 5 heterocycles. The molecule has 1 amide bonds. The third kappa shape index (κ3) is 4.50. The van der Waals surface area contributed by atoms with E-state index in [2.05, 4.69) is 63.6 Å². The van der Waals surface area contributed by atoms with Gasteiger partial charge in [0.2, 0.25) is 0 Å². The zero-order chi connectivity index (χ0) is 21.5. The van der Waals surface area contributed by atoms with E-state index < -0.39 is 0 Å². The Bertz CT molecular complexity index is 1120. The van der Waals surface area contributed by atoms with Crippen LogP contribution in [0.25, 0.3) is 21.2 Å². The summed E-state index contributed by atoms with van der Waals surface area (Å²) in [6, 6.07) is 17.5. The van der Waals surface area contributed by atoms with E-state index in [9.17, 15) is 4.79 Å². The van der Waals surface area contributed by atoms with E-state index >= 15 is 0 Å². The Morgan fingerprint density at radius 1 is 1.00 bits per heavy atom. The van der Waals surface area contributed by atoms with Crippen molar-refractivity contribution in [3.63, 3.8) is 0 Å². The number of nitrogens with zero attached hydrogens (tertiary/aromatic N) is 2. The molecule has 0 aliphatic carbocycles. The van der Waals surface area contributed by atoms with Crippen molar-refractivity contribution in [2.45, 2.75) is 18.9 Å². The van der Waals surface area contributed by atoms with E-state index in [0.717, 1.165) is 43.1 Å². The second kappa shape index (κ2) is 9.63. The van der Waals surface area contributed by atoms with Crippen molar-refractivity contribution in [3.8, 4) is 11.1 Å². The molecule has 0 saturated carbocycles. The molecule has 2 bridgehead atoms. The summed E-state index contributed by atoms with van der Waals surface area (Å²) in [6.07, 6.45) is 2.42. The van der Waals surface area contributed by atoms with Gasteiger partial charge < -0.3 is 19.9 Å². The Morgan fingerprint density at radius 2 is 1.76 bits per heavy atom. The summed E-state index contributed by atoms with van der Waals surface area (Å²) in [4.78, 5) is 18.8. The molecule has 0 unspecified atom stereocenters. The Balaban J connectivity index is 0.00000228. The van der Waals surface area contributed by atoms with Gasteiger partial charge in [-0.3, -0.25) is 4.79 Å². The van der Waals surface area contributed by atoms with E-state index in [1.807, 2.05) is 0 Å². The molecule has 7 heteroatoms. The van der Waals surface area contributed by atoms with Gasteiger partial charge in [0.15, 0.2) is 0 Å². The monoisotopic (exact) mass is 483 g/mol. The van der Waals surface area contributed by atoms with Gasteiger partial charge in [-0.25, -0.2) is 0 Å². The van der Waals surface area contributed by atoms with Crippen LogP contribution in [0.3, 0.4) is 0 Å². The number of hydrogen-bond acceptors (Lipinski definition) is 5. The molecule has 2 aromatic carbocycles. The van der Waals surface area contributed by atoms with Crippen LogP contribution in [0.5, 0.6) is 0 Å². The number of thiophene rings is 1. The summed E-state index contributed by atoms with van der Waals surface area (Å²) >= 11 is 1.62. The third-order valence-electron chi connectivity index (χ3n) is 7.30. The molecule has 4 fully saturated rings. The highest BCUT2D eigenvalue weighted by Gasteiger charge is 2.35. The number of carbonyl (C=O) groups excluding carboxylic acids is 1. The van der Waals surface area contributed by atoms with Crippen molar-refractivity contribution in [1.29, 1.82) is 0 Å². The number of nitrogens with one attached hydrogen (secondary N) is 1. The van der Waals surface area contributed by atoms with Gasteiger partial charge in [-0.2, -0.15) is 0 Å². The lowest BCUT2D eigenvalue weighted by atomic mass is 9.84. The number of hydrogen-bond donors (Lipinski definition) is 1. The van der Waals surface area contributed by atoms with Crippen molar-refractivity contribution < 1.29 is 9.53 Å². The van der Waals surface area contributed by atoms with E-state index in [4.69, 9.17) is 4.74 Å². The van der Waals surface area contributed by atoms with Crippen LogP contribution >= 0.6 is 23.7 Å². The largest absolute Gasteiger partial charge is 0.378 e. The Hall–Kier alpha value is -2.12. The Labute approximate surface area is 205 Å². The lowest BCUT2D eigenvalue weighted by Gasteiger charge is -2.44. The highest BCUT2D eigenvalue weighted by molar-refractivity contribution is 7.21. The molecule has 0 spiro atoms. The first kappa shape index (κ1) is 22.7. The lowest BCUT2D eigenvalue weighted by molar-refractivity contribution is 0.0622. The second-order valence-electron chi connectivity index (χ2n) is 9.20. The minimum Gasteiger partial charge on any atom is -0.378 e. The number of carbonyl (C=O) groups is 1. The van der Waals surface area contributed by atoms with Crippen LogP contribution in [0.1, 0.15) is 22.5 Å². The molecule has 33 heavy (non-hydrogen) atoms. The number of anilines is 1. The first-order valence-electron chi connectivity index (χ1n) is 11.7. The van der Waals surface area contributed by atoms with E-state index in [0.29, 0.717) is 12.0 Å². The number of fused-ring (bicyclic) bond motifs is 4. The van der Waals surface area contributed by atoms with Crippen molar-refractivity contribution in [3.05, 3.63) is 53.4 Å².